The Morgan fingerprint density at radius 1 is 0.905 bits per heavy atom. The van der Waals surface area contributed by atoms with Crippen LogP contribution < -0.4 is 9.30 Å². The second-order valence-electron chi connectivity index (χ2n) is 5.49. The highest BCUT2D eigenvalue weighted by Gasteiger charge is 2.18. The highest BCUT2D eigenvalue weighted by molar-refractivity contribution is 5.85. The predicted octanol–water partition coefficient (Wildman–Crippen LogP) is 3.96. The van der Waals surface area contributed by atoms with Crippen molar-refractivity contribution in [1.29, 1.82) is 0 Å². The third-order valence-electron chi connectivity index (χ3n) is 3.43. The molecule has 2 aromatic carbocycles. The standard InChI is InChI=1S/C19H20NO/c1-15(2)21-19-18-11-7-6-10-17(18)12-13-20(19)14-16-8-4-3-5-9-16/h3-13,15H,14H2,1-2H3/q+1. The van der Waals surface area contributed by atoms with Crippen LogP contribution in [0.5, 0.6) is 5.88 Å². The molecule has 0 N–H and O–H groups in total. The van der Waals surface area contributed by atoms with Crippen molar-refractivity contribution in [3.05, 3.63) is 72.4 Å². The molecule has 0 saturated heterocycles. The molecule has 0 spiro atoms. The molecule has 0 aliphatic heterocycles. The first-order valence-corrected chi connectivity index (χ1v) is 7.36. The molecular formula is C19H20NO+. The maximum atomic E-state index is 6.09. The average Bonchev–Trinajstić information content (AvgIpc) is 2.50. The van der Waals surface area contributed by atoms with Crippen LogP contribution in [0, 0.1) is 0 Å². The van der Waals surface area contributed by atoms with Crippen molar-refractivity contribution in [3.8, 4) is 5.88 Å². The number of aromatic nitrogens is 1. The molecule has 3 rings (SSSR count). The van der Waals surface area contributed by atoms with Gasteiger partial charge in [0.1, 0.15) is 0 Å². The quantitative estimate of drug-likeness (QED) is 0.658. The monoisotopic (exact) mass is 278 g/mol. The van der Waals surface area contributed by atoms with Gasteiger partial charge in [-0.15, -0.1) is 0 Å². The molecule has 2 nitrogen and oxygen atoms in total. The highest BCUT2D eigenvalue weighted by atomic mass is 16.5. The van der Waals surface area contributed by atoms with Crippen molar-refractivity contribution in [2.45, 2.75) is 26.5 Å². The molecule has 1 aromatic heterocycles. The van der Waals surface area contributed by atoms with Gasteiger partial charge in [-0.3, -0.25) is 0 Å². The second-order valence-corrected chi connectivity index (χ2v) is 5.49. The topological polar surface area (TPSA) is 13.1 Å². The summed E-state index contributed by atoms with van der Waals surface area (Å²) in [5.41, 5.74) is 1.27. The summed E-state index contributed by atoms with van der Waals surface area (Å²) >= 11 is 0. The molecule has 0 radical (unpaired) electrons. The smallest absolute Gasteiger partial charge is 0.376 e. The Labute approximate surface area is 125 Å². The van der Waals surface area contributed by atoms with E-state index in [1.165, 1.54) is 10.9 Å². The SMILES string of the molecule is CC(C)Oc1c2ccccc2cc[n+]1Cc1ccccc1. The van der Waals surface area contributed by atoms with Gasteiger partial charge in [-0.05, 0) is 25.3 Å². The molecule has 0 unspecified atom stereocenters. The number of fused-ring (bicyclic) bond motifs is 1. The van der Waals surface area contributed by atoms with Crippen molar-refractivity contribution < 1.29 is 9.30 Å². The Balaban J connectivity index is 2.08. The zero-order chi connectivity index (χ0) is 14.7. The van der Waals surface area contributed by atoms with E-state index in [2.05, 4.69) is 79.2 Å². The van der Waals surface area contributed by atoms with Crippen LogP contribution in [0.3, 0.4) is 0 Å². The van der Waals surface area contributed by atoms with Crippen LogP contribution in [0.25, 0.3) is 10.8 Å². The van der Waals surface area contributed by atoms with E-state index < -0.39 is 0 Å². The van der Waals surface area contributed by atoms with Crippen molar-refractivity contribution in [1.82, 2.24) is 0 Å². The number of benzene rings is 2. The summed E-state index contributed by atoms with van der Waals surface area (Å²) < 4.78 is 8.27. The zero-order valence-corrected chi connectivity index (χ0v) is 12.5. The second kappa shape index (κ2) is 5.96. The highest BCUT2D eigenvalue weighted by Crippen LogP contribution is 2.22. The third-order valence-corrected chi connectivity index (χ3v) is 3.43. The predicted molar refractivity (Wildman–Crippen MR) is 85.5 cm³/mol. The Kier molecular flexibility index (Phi) is 3.87. The van der Waals surface area contributed by atoms with Gasteiger partial charge in [0.15, 0.2) is 12.7 Å². The van der Waals surface area contributed by atoms with Crippen LogP contribution in [0.4, 0.5) is 0 Å². The summed E-state index contributed by atoms with van der Waals surface area (Å²) in [6.07, 6.45) is 2.25. The van der Waals surface area contributed by atoms with Gasteiger partial charge in [0.05, 0.1) is 11.5 Å². The molecule has 0 saturated carbocycles. The van der Waals surface area contributed by atoms with Gasteiger partial charge in [-0.25, -0.2) is 0 Å². The first-order valence-electron chi connectivity index (χ1n) is 7.36. The van der Waals surface area contributed by atoms with Crippen LogP contribution in [0.2, 0.25) is 0 Å². The van der Waals surface area contributed by atoms with Crippen LogP contribution in [0.15, 0.2) is 66.9 Å². The summed E-state index contributed by atoms with van der Waals surface area (Å²) in [6, 6.07) is 21.0. The molecule has 0 atom stereocenters. The summed E-state index contributed by atoms with van der Waals surface area (Å²) in [6.45, 7) is 4.94. The minimum atomic E-state index is 0.151. The number of nitrogens with zero attached hydrogens (tertiary/aromatic N) is 1. The summed E-state index contributed by atoms with van der Waals surface area (Å²) in [7, 11) is 0. The normalized spacial score (nSPS) is 11.0. The van der Waals surface area contributed by atoms with Gasteiger partial charge < -0.3 is 4.74 Å². The Bertz CT molecular complexity index is 735. The average molecular weight is 278 g/mol. The van der Waals surface area contributed by atoms with Gasteiger partial charge >= 0.3 is 5.88 Å². The molecule has 1 heterocycles. The Morgan fingerprint density at radius 2 is 1.62 bits per heavy atom. The lowest BCUT2D eigenvalue weighted by molar-refractivity contribution is -0.692. The molecule has 0 bridgehead atoms. The summed E-state index contributed by atoms with van der Waals surface area (Å²) in [5, 5.41) is 2.36. The largest absolute Gasteiger partial charge is 0.441 e. The number of hydrogen-bond donors (Lipinski definition) is 0. The molecule has 0 aliphatic carbocycles. The lowest BCUT2D eigenvalue weighted by Gasteiger charge is -2.11. The van der Waals surface area contributed by atoms with E-state index in [1.807, 2.05) is 6.07 Å². The molecule has 2 heteroatoms. The van der Waals surface area contributed by atoms with Gasteiger partial charge in [-0.2, -0.15) is 4.57 Å². The minimum absolute atomic E-state index is 0.151. The van der Waals surface area contributed by atoms with E-state index in [0.29, 0.717) is 0 Å². The fraction of sp³-hybridized carbons (Fsp3) is 0.211. The molecule has 106 valence electrons. The number of hydrogen-bond acceptors (Lipinski definition) is 1. The van der Waals surface area contributed by atoms with Crippen LogP contribution in [-0.2, 0) is 6.54 Å². The van der Waals surface area contributed by atoms with E-state index in [9.17, 15) is 0 Å². The van der Waals surface area contributed by atoms with Crippen molar-refractivity contribution in [2.75, 3.05) is 0 Å². The van der Waals surface area contributed by atoms with E-state index in [0.717, 1.165) is 17.8 Å². The van der Waals surface area contributed by atoms with E-state index in [1.54, 1.807) is 0 Å². The molecule has 3 aromatic rings. The van der Waals surface area contributed by atoms with Gasteiger partial charge in [0.2, 0.25) is 0 Å². The van der Waals surface area contributed by atoms with Crippen molar-refractivity contribution in [3.63, 3.8) is 0 Å². The number of pyridine rings is 1. The van der Waals surface area contributed by atoms with Gasteiger partial charge in [0, 0.05) is 11.6 Å². The molecule has 0 aliphatic rings. The lowest BCUT2D eigenvalue weighted by atomic mass is 10.1. The van der Waals surface area contributed by atoms with E-state index in [-0.39, 0.29) is 6.10 Å². The Morgan fingerprint density at radius 3 is 2.38 bits per heavy atom. The maximum Gasteiger partial charge on any atom is 0.376 e. The molecule has 0 fully saturated rings. The van der Waals surface area contributed by atoms with Gasteiger partial charge in [0.25, 0.3) is 0 Å². The molecule has 21 heavy (non-hydrogen) atoms. The summed E-state index contributed by atoms with van der Waals surface area (Å²) in [4.78, 5) is 0. The van der Waals surface area contributed by atoms with Crippen molar-refractivity contribution in [2.24, 2.45) is 0 Å². The number of rotatable bonds is 4. The maximum absolute atomic E-state index is 6.09. The van der Waals surface area contributed by atoms with Crippen LogP contribution in [0.1, 0.15) is 19.4 Å². The fourth-order valence-corrected chi connectivity index (χ4v) is 2.49. The van der Waals surface area contributed by atoms with E-state index in [4.69, 9.17) is 4.74 Å². The third kappa shape index (κ3) is 3.05. The fourth-order valence-electron chi connectivity index (χ4n) is 2.49. The zero-order valence-electron chi connectivity index (χ0n) is 12.5. The summed E-state index contributed by atoms with van der Waals surface area (Å²) in [5.74, 6) is 0.937. The molecular weight excluding hydrogens is 258 g/mol. The minimum Gasteiger partial charge on any atom is -0.441 e. The van der Waals surface area contributed by atoms with Crippen LogP contribution in [-0.4, -0.2) is 6.10 Å². The first kappa shape index (κ1) is 13.6. The first-order chi connectivity index (χ1) is 10.2. The Hall–Kier alpha value is -2.35. The van der Waals surface area contributed by atoms with Gasteiger partial charge in [-0.1, -0.05) is 48.5 Å². The van der Waals surface area contributed by atoms with E-state index >= 15 is 0 Å². The van der Waals surface area contributed by atoms with Crippen LogP contribution >= 0.6 is 0 Å². The number of ether oxygens (including phenoxy) is 1. The lowest BCUT2D eigenvalue weighted by Crippen LogP contribution is -2.37. The van der Waals surface area contributed by atoms with Crippen molar-refractivity contribution >= 4 is 10.8 Å². The molecule has 0 amide bonds.